The molecule has 0 aliphatic carbocycles. The molecule has 1 aromatic rings. The van der Waals surface area contributed by atoms with E-state index >= 15 is 0 Å². The standard InChI is InChI=1S/C17H25N5O2/c1-13(23)20-6-2-4-14(20)9-19-10-16(11-19)22-12-15(8-18-22)21-7-3-5-17(21)24/h8,12,14,16H,2-7,9-11H2,1H3. The summed E-state index contributed by atoms with van der Waals surface area (Å²) < 4.78 is 1.99. The van der Waals surface area contributed by atoms with Crippen LogP contribution in [0, 0.1) is 0 Å². The maximum Gasteiger partial charge on any atom is 0.227 e. The van der Waals surface area contributed by atoms with Crippen molar-refractivity contribution in [3.8, 4) is 0 Å². The van der Waals surface area contributed by atoms with E-state index < -0.39 is 0 Å². The molecule has 7 nitrogen and oxygen atoms in total. The molecule has 3 saturated heterocycles. The zero-order chi connectivity index (χ0) is 16.7. The fourth-order valence-electron chi connectivity index (χ4n) is 4.19. The Morgan fingerprint density at radius 3 is 2.83 bits per heavy atom. The van der Waals surface area contributed by atoms with Crippen molar-refractivity contribution in [2.45, 2.75) is 44.7 Å². The Hall–Kier alpha value is -1.89. The summed E-state index contributed by atoms with van der Waals surface area (Å²) >= 11 is 0. The molecular formula is C17H25N5O2. The van der Waals surface area contributed by atoms with Crippen LogP contribution in [-0.2, 0) is 9.59 Å². The summed E-state index contributed by atoms with van der Waals surface area (Å²) in [5.74, 6) is 0.400. The van der Waals surface area contributed by atoms with Crippen molar-refractivity contribution in [3.05, 3.63) is 12.4 Å². The van der Waals surface area contributed by atoms with Crippen LogP contribution < -0.4 is 4.90 Å². The van der Waals surface area contributed by atoms with Gasteiger partial charge in [0, 0.05) is 58.3 Å². The van der Waals surface area contributed by atoms with Crippen molar-refractivity contribution in [1.29, 1.82) is 0 Å². The molecule has 0 aromatic carbocycles. The van der Waals surface area contributed by atoms with Gasteiger partial charge in [0.2, 0.25) is 11.8 Å². The highest BCUT2D eigenvalue weighted by atomic mass is 16.2. The molecule has 24 heavy (non-hydrogen) atoms. The van der Waals surface area contributed by atoms with Crippen LogP contribution in [0.1, 0.15) is 38.6 Å². The van der Waals surface area contributed by atoms with Crippen molar-refractivity contribution in [2.24, 2.45) is 0 Å². The van der Waals surface area contributed by atoms with Gasteiger partial charge in [0.05, 0.1) is 17.9 Å². The van der Waals surface area contributed by atoms with Crippen LogP contribution in [0.4, 0.5) is 5.69 Å². The van der Waals surface area contributed by atoms with Crippen molar-refractivity contribution >= 4 is 17.5 Å². The average molecular weight is 331 g/mol. The van der Waals surface area contributed by atoms with Crippen LogP contribution in [0.25, 0.3) is 0 Å². The van der Waals surface area contributed by atoms with Crippen LogP contribution in [0.2, 0.25) is 0 Å². The molecular weight excluding hydrogens is 306 g/mol. The predicted molar refractivity (Wildman–Crippen MR) is 89.7 cm³/mol. The number of carbonyl (C=O) groups is 2. The second-order valence-corrected chi connectivity index (χ2v) is 7.21. The number of rotatable bonds is 4. The third-order valence-corrected chi connectivity index (χ3v) is 5.54. The Bertz CT molecular complexity index is 637. The van der Waals surface area contributed by atoms with Gasteiger partial charge in [0.25, 0.3) is 0 Å². The van der Waals surface area contributed by atoms with E-state index in [9.17, 15) is 9.59 Å². The Morgan fingerprint density at radius 1 is 1.29 bits per heavy atom. The summed E-state index contributed by atoms with van der Waals surface area (Å²) in [6, 6.07) is 0.752. The first-order chi connectivity index (χ1) is 11.6. The number of hydrogen-bond acceptors (Lipinski definition) is 4. The fraction of sp³-hybridized carbons (Fsp3) is 0.706. The summed E-state index contributed by atoms with van der Waals surface area (Å²) in [4.78, 5) is 29.7. The minimum Gasteiger partial charge on any atom is -0.339 e. The van der Waals surface area contributed by atoms with Crippen LogP contribution >= 0.6 is 0 Å². The summed E-state index contributed by atoms with van der Waals surface area (Å²) in [5, 5.41) is 4.46. The van der Waals surface area contributed by atoms with E-state index in [1.54, 1.807) is 13.1 Å². The molecule has 1 atom stereocenters. The molecule has 0 bridgehead atoms. The van der Waals surface area contributed by atoms with Gasteiger partial charge in [0.1, 0.15) is 0 Å². The summed E-state index contributed by atoms with van der Waals surface area (Å²) in [7, 11) is 0. The molecule has 3 aliphatic rings. The van der Waals surface area contributed by atoms with Crippen LogP contribution in [0.15, 0.2) is 12.4 Å². The molecule has 3 aliphatic heterocycles. The molecule has 0 N–H and O–H groups in total. The quantitative estimate of drug-likeness (QED) is 0.822. The lowest BCUT2D eigenvalue weighted by atomic mass is 10.1. The zero-order valence-corrected chi connectivity index (χ0v) is 14.2. The van der Waals surface area contributed by atoms with Gasteiger partial charge in [-0.3, -0.25) is 19.2 Å². The summed E-state index contributed by atoms with van der Waals surface area (Å²) in [6.07, 6.45) is 7.63. The number of hydrogen-bond donors (Lipinski definition) is 0. The van der Waals surface area contributed by atoms with E-state index in [0.717, 1.165) is 57.7 Å². The molecule has 0 radical (unpaired) electrons. The molecule has 3 fully saturated rings. The first-order valence-electron chi connectivity index (χ1n) is 8.96. The monoisotopic (exact) mass is 331 g/mol. The lowest BCUT2D eigenvalue weighted by Gasteiger charge is -2.41. The van der Waals surface area contributed by atoms with Crippen LogP contribution in [-0.4, -0.2) is 70.2 Å². The average Bonchev–Trinajstić information content (AvgIpc) is 3.21. The molecule has 130 valence electrons. The van der Waals surface area contributed by atoms with Crippen molar-refractivity contribution in [3.63, 3.8) is 0 Å². The van der Waals surface area contributed by atoms with Crippen molar-refractivity contribution in [1.82, 2.24) is 19.6 Å². The molecule has 1 aromatic heterocycles. The van der Waals surface area contributed by atoms with Gasteiger partial charge in [-0.15, -0.1) is 0 Å². The number of anilines is 1. The third kappa shape index (κ3) is 2.81. The minimum absolute atomic E-state index is 0.196. The SMILES string of the molecule is CC(=O)N1CCCC1CN1CC(n2cc(N3CCCC3=O)cn2)C1. The molecule has 0 saturated carbocycles. The van der Waals surface area contributed by atoms with Gasteiger partial charge in [-0.05, 0) is 19.3 Å². The van der Waals surface area contributed by atoms with E-state index in [1.165, 1.54) is 0 Å². The van der Waals surface area contributed by atoms with E-state index in [-0.39, 0.29) is 11.8 Å². The van der Waals surface area contributed by atoms with Gasteiger partial charge in [-0.1, -0.05) is 0 Å². The zero-order valence-electron chi connectivity index (χ0n) is 14.2. The Morgan fingerprint density at radius 2 is 2.12 bits per heavy atom. The Balaban J connectivity index is 1.31. The number of aromatic nitrogens is 2. The summed E-state index contributed by atoms with van der Waals surface area (Å²) in [5.41, 5.74) is 0.925. The lowest BCUT2D eigenvalue weighted by Crippen LogP contribution is -2.53. The molecule has 0 spiro atoms. The number of nitrogens with zero attached hydrogens (tertiary/aromatic N) is 5. The number of likely N-dealkylation sites (tertiary alicyclic amines) is 2. The second kappa shape index (κ2) is 6.20. The summed E-state index contributed by atoms with van der Waals surface area (Å²) in [6.45, 7) is 6.29. The third-order valence-electron chi connectivity index (χ3n) is 5.54. The topological polar surface area (TPSA) is 61.7 Å². The number of carbonyl (C=O) groups excluding carboxylic acids is 2. The first-order valence-corrected chi connectivity index (χ1v) is 8.96. The Kier molecular flexibility index (Phi) is 4.04. The lowest BCUT2D eigenvalue weighted by molar-refractivity contribution is -0.130. The van der Waals surface area contributed by atoms with Crippen LogP contribution in [0.3, 0.4) is 0 Å². The van der Waals surface area contributed by atoms with E-state index in [4.69, 9.17) is 0 Å². The largest absolute Gasteiger partial charge is 0.339 e. The van der Waals surface area contributed by atoms with E-state index in [1.807, 2.05) is 20.7 Å². The Labute approximate surface area is 142 Å². The van der Waals surface area contributed by atoms with Gasteiger partial charge < -0.3 is 9.80 Å². The highest BCUT2D eigenvalue weighted by Crippen LogP contribution is 2.27. The highest BCUT2D eigenvalue weighted by molar-refractivity contribution is 5.95. The van der Waals surface area contributed by atoms with Gasteiger partial charge >= 0.3 is 0 Å². The highest BCUT2D eigenvalue weighted by Gasteiger charge is 2.35. The van der Waals surface area contributed by atoms with Gasteiger partial charge in [-0.2, -0.15) is 5.10 Å². The first kappa shape index (κ1) is 15.6. The van der Waals surface area contributed by atoms with Crippen LogP contribution in [0.5, 0.6) is 0 Å². The second-order valence-electron chi connectivity index (χ2n) is 7.21. The smallest absolute Gasteiger partial charge is 0.227 e. The molecule has 2 amide bonds. The fourth-order valence-corrected chi connectivity index (χ4v) is 4.19. The molecule has 7 heteroatoms. The maximum atomic E-state index is 11.8. The molecule has 1 unspecified atom stereocenters. The van der Waals surface area contributed by atoms with Crippen molar-refractivity contribution < 1.29 is 9.59 Å². The molecule has 4 rings (SSSR count). The van der Waals surface area contributed by atoms with Gasteiger partial charge in [0.15, 0.2) is 0 Å². The minimum atomic E-state index is 0.196. The van der Waals surface area contributed by atoms with E-state index in [2.05, 4.69) is 10.00 Å². The van der Waals surface area contributed by atoms with E-state index in [0.29, 0.717) is 18.5 Å². The normalized spacial score (nSPS) is 25.5. The maximum absolute atomic E-state index is 11.8. The van der Waals surface area contributed by atoms with Gasteiger partial charge in [-0.25, -0.2) is 0 Å². The number of amides is 2. The predicted octanol–water partition coefficient (Wildman–Crippen LogP) is 0.877. The molecule has 4 heterocycles. The van der Waals surface area contributed by atoms with Crippen molar-refractivity contribution in [2.75, 3.05) is 37.6 Å².